The van der Waals surface area contributed by atoms with E-state index in [1.54, 1.807) is 0 Å². The quantitative estimate of drug-likeness (QED) is 0.885. The summed E-state index contributed by atoms with van der Waals surface area (Å²) < 4.78 is 31.4. The lowest BCUT2D eigenvalue weighted by molar-refractivity contribution is -0.146. The highest BCUT2D eigenvalue weighted by Gasteiger charge is 2.30. The van der Waals surface area contributed by atoms with Crippen molar-refractivity contribution in [1.82, 2.24) is 0 Å². The third-order valence-corrected chi connectivity index (χ3v) is 2.54. The molecule has 0 bridgehead atoms. The summed E-state index contributed by atoms with van der Waals surface area (Å²) in [7, 11) is 1.28. The third kappa shape index (κ3) is 2.93. The van der Waals surface area contributed by atoms with Crippen LogP contribution in [0.1, 0.15) is 19.4 Å². The summed E-state index contributed by atoms with van der Waals surface area (Å²) in [5, 5.41) is 8.97. The number of rotatable bonds is 4. The summed E-state index contributed by atoms with van der Waals surface area (Å²) in [5.74, 6) is -2.58. The Bertz CT molecular complexity index is 442. The number of benzene rings is 1. The van der Waals surface area contributed by atoms with Crippen LogP contribution >= 0.6 is 0 Å². The minimum atomic E-state index is -1.15. The van der Waals surface area contributed by atoms with Gasteiger partial charge in [-0.3, -0.25) is 4.79 Å². The zero-order valence-electron chi connectivity index (χ0n) is 9.88. The van der Waals surface area contributed by atoms with Gasteiger partial charge in [-0.25, -0.2) is 8.78 Å². The van der Waals surface area contributed by atoms with Crippen molar-refractivity contribution in [3.8, 4) is 5.75 Å². The summed E-state index contributed by atoms with van der Waals surface area (Å²) >= 11 is 0. The maximum Gasteiger partial charge on any atom is 0.309 e. The second kappa shape index (κ2) is 4.69. The summed E-state index contributed by atoms with van der Waals surface area (Å²) in [6.07, 6.45) is -0.0718. The summed E-state index contributed by atoms with van der Waals surface area (Å²) in [4.78, 5) is 11.0. The molecule has 0 unspecified atom stereocenters. The number of carboxylic acid groups (broad SMARTS) is 1. The molecule has 0 saturated carbocycles. The van der Waals surface area contributed by atoms with Crippen molar-refractivity contribution in [3.63, 3.8) is 0 Å². The number of hydrogen-bond donors (Lipinski definition) is 1. The van der Waals surface area contributed by atoms with E-state index in [1.807, 2.05) is 0 Å². The molecule has 0 saturated heterocycles. The van der Waals surface area contributed by atoms with Gasteiger partial charge in [0.1, 0.15) is 17.4 Å². The largest absolute Gasteiger partial charge is 0.496 e. The standard InChI is InChI=1S/C12H14F2O3/c1-12(2,11(15)16)6-8-9(14)4-7(13)5-10(8)17-3/h4-5H,6H2,1-3H3,(H,15,16). The Morgan fingerprint density at radius 2 is 2.00 bits per heavy atom. The first-order valence-electron chi connectivity index (χ1n) is 5.03. The fraction of sp³-hybridized carbons (Fsp3) is 0.417. The molecule has 1 aromatic rings. The topological polar surface area (TPSA) is 46.5 Å². The predicted molar refractivity (Wildman–Crippen MR) is 58.0 cm³/mol. The lowest BCUT2D eigenvalue weighted by Crippen LogP contribution is -2.27. The van der Waals surface area contributed by atoms with Crippen LogP contribution in [0.4, 0.5) is 8.78 Å². The molecular weight excluding hydrogens is 230 g/mol. The Kier molecular flexibility index (Phi) is 3.70. The number of methoxy groups -OCH3 is 1. The summed E-state index contributed by atoms with van der Waals surface area (Å²) in [6, 6.07) is 1.76. The van der Waals surface area contributed by atoms with E-state index in [0.29, 0.717) is 0 Å². The number of carboxylic acids is 1. The molecule has 0 fully saturated rings. The average molecular weight is 244 g/mol. The molecule has 0 aromatic heterocycles. The lowest BCUT2D eigenvalue weighted by Gasteiger charge is -2.20. The Labute approximate surface area is 98.0 Å². The Morgan fingerprint density at radius 3 is 2.47 bits per heavy atom. The van der Waals surface area contributed by atoms with Crippen LogP contribution in [0.3, 0.4) is 0 Å². The van der Waals surface area contributed by atoms with Crippen molar-refractivity contribution in [2.45, 2.75) is 20.3 Å². The minimum Gasteiger partial charge on any atom is -0.496 e. The summed E-state index contributed by atoms with van der Waals surface area (Å²) in [6.45, 7) is 2.94. The highest BCUT2D eigenvalue weighted by atomic mass is 19.1. The number of aliphatic carboxylic acids is 1. The number of halogens is 2. The molecular formula is C12H14F2O3. The molecule has 0 atom stereocenters. The molecule has 0 radical (unpaired) electrons. The van der Waals surface area contributed by atoms with Gasteiger partial charge in [-0.2, -0.15) is 0 Å². The van der Waals surface area contributed by atoms with Crippen LogP contribution in [0.5, 0.6) is 5.75 Å². The van der Waals surface area contributed by atoms with Crippen molar-refractivity contribution in [2.24, 2.45) is 5.41 Å². The van der Waals surface area contributed by atoms with Crippen LogP contribution in [-0.2, 0) is 11.2 Å². The highest BCUT2D eigenvalue weighted by Crippen LogP contribution is 2.30. The lowest BCUT2D eigenvalue weighted by atomic mass is 9.85. The van der Waals surface area contributed by atoms with Gasteiger partial charge in [-0.05, 0) is 20.3 Å². The zero-order valence-corrected chi connectivity index (χ0v) is 9.88. The molecule has 5 heteroatoms. The smallest absolute Gasteiger partial charge is 0.309 e. The molecule has 0 heterocycles. The molecule has 3 nitrogen and oxygen atoms in total. The van der Waals surface area contributed by atoms with Gasteiger partial charge in [0, 0.05) is 17.7 Å². The number of ether oxygens (including phenoxy) is 1. The van der Waals surface area contributed by atoms with E-state index < -0.39 is 23.0 Å². The second-order valence-electron chi connectivity index (χ2n) is 4.43. The minimum absolute atomic E-state index is 0.0248. The molecule has 17 heavy (non-hydrogen) atoms. The van der Waals surface area contributed by atoms with Crippen LogP contribution in [0.2, 0.25) is 0 Å². The van der Waals surface area contributed by atoms with Crippen LogP contribution in [0.15, 0.2) is 12.1 Å². The second-order valence-corrected chi connectivity index (χ2v) is 4.43. The maximum atomic E-state index is 13.6. The first-order chi connectivity index (χ1) is 7.77. The van der Waals surface area contributed by atoms with E-state index in [-0.39, 0.29) is 17.7 Å². The van der Waals surface area contributed by atoms with Crippen LogP contribution in [0, 0.1) is 17.0 Å². The fourth-order valence-electron chi connectivity index (χ4n) is 1.45. The number of carbonyl (C=O) groups is 1. The van der Waals surface area contributed by atoms with Crippen LogP contribution < -0.4 is 4.74 Å². The van der Waals surface area contributed by atoms with Crippen LogP contribution in [-0.4, -0.2) is 18.2 Å². The van der Waals surface area contributed by atoms with Crippen molar-refractivity contribution >= 4 is 5.97 Å². The molecule has 1 aromatic carbocycles. The van der Waals surface area contributed by atoms with Gasteiger partial charge >= 0.3 is 5.97 Å². The van der Waals surface area contributed by atoms with Gasteiger partial charge in [0.2, 0.25) is 0 Å². The fourth-order valence-corrected chi connectivity index (χ4v) is 1.45. The first-order valence-corrected chi connectivity index (χ1v) is 5.03. The van der Waals surface area contributed by atoms with E-state index in [0.717, 1.165) is 12.1 Å². The van der Waals surface area contributed by atoms with E-state index in [1.165, 1.54) is 21.0 Å². The molecule has 1 N–H and O–H groups in total. The van der Waals surface area contributed by atoms with Gasteiger partial charge in [0.25, 0.3) is 0 Å². The molecule has 94 valence electrons. The van der Waals surface area contributed by atoms with Gasteiger partial charge < -0.3 is 9.84 Å². The van der Waals surface area contributed by atoms with E-state index in [4.69, 9.17) is 9.84 Å². The van der Waals surface area contributed by atoms with E-state index in [2.05, 4.69) is 0 Å². The SMILES string of the molecule is COc1cc(F)cc(F)c1CC(C)(C)C(=O)O. The Hall–Kier alpha value is -1.65. The van der Waals surface area contributed by atoms with Gasteiger partial charge in [0.15, 0.2) is 0 Å². The highest BCUT2D eigenvalue weighted by molar-refractivity contribution is 5.74. The van der Waals surface area contributed by atoms with E-state index >= 15 is 0 Å². The monoisotopic (exact) mass is 244 g/mol. The normalized spacial score (nSPS) is 11.4. The number of hydrogen-bond acceptors (Lipinski definition) is 2. The van der Waals surface area contributed by atoms with Crippen molar-refractivity contribution < 1.29 is 23.4 Å². The molecule has 0 aliphatic carbocycles. The third-order valence-electron chi connectivity index (χ3n) is 2.54. The molecule has 0 spiro atoms. The van der Waals surface area contributed by atoms with E-state index in [9.17, 15) is 13.6 Å². The molecule has 1 rings (SSSR count). The van der Waals surface area contributed by atoms with Gasteiger partial charge in [-0.15, -0.1) is 0 Å². The van der Waals surface area contributed by atoms with Gasteiger partial charge in [-0.1, -0.05) is 0 Å². The predicted octanol–water partition coefficient (Wildman–Crippen LogP) is 2.63. The van der Waals surface area contributed by atoms with Gasteiger partial charge in [0.05, 0.1) is 12.5 Å². The summed E-state index contributed by atoms with van der Waals surface area (Å²) in [5.41, 5.74) is -1.08. The average Bonchev–Trinajstić information content (AvgIpc) is 2.21. The molecule has 0 aliphatic heterocycles. The van der Waals surface area contributed by atoms with Crippen molar-refractivity contribution in [1.29, 1.82) is 0 Å². The molecule has 0 amide bonds. The maximum absolute atomic E-state index is 13.6. The zero-order chi connectivity index (χ0) is 13.2. The van der Waals surface area contributed by atoms with Crippen molar-refractivity contribution in [3.05, 3.63) is 29.3 Å². The Balaban J connectivity index is 3.18. The Morgan fingerprint density at radius 1 is 1.41 bits per heavy atom. The molecule has 0 aliphatic rings. The van der Waals surface area contributed by atoms with Crippen LogP contribution in [0.25, 0.3) is 0 Å². The first kappa shape index (κ1) is 13.4. The van der Waals surface area contributed by atoms with Crippen molar-refractivity contribution in [2.75, 3.05) is 7.11 Å².